The number of nitrogens with zero attached hydrogens (tertiary/aromatic N) is 1. The fraction of sp³-hybridized carbons (Fsp3) is 0.318. The van der Waals surface area contributed by atoms with E-state index >= 15 is 0 Å². The zero-order valence-corrected chi connectivity index (χ0v) is 15.6. The minimum atomic E-state index is -0.167. The minimum Gasteiger partial charge on any atom is -0.504 e. The van der Waals surface area contributed by atoms with E-state index in [4.69, 9.17) is 9.15 Å². The van der Waals surface area contributed by atoms with Crippen LogP contribution in [0.3, 0.4) is 0 Å². The van der Waals surface area contributed by atoms with Crippen LogP contribution >= 0.6 is 0 Å². The number of likely N-dealkylation sites (tertiary alicyclic amines) is 1. The lowest BCUT2D eigenvalue weighted by atomic mass is 9.98. The number of furan rings is 1. The van der Waals surface area contributed by atoms with Gasteiger partial charge in [0.15, 0.2) is 11.5 Å². The maximum absolute atomic E-state index is 12.7. The second-order valence-corrected chi connectivity index (χ2v) is 7.05. The predicted octanol–water partition coefficient (Wildman–Crippen LogP) is 4.54. The topological polar surface area (TPSA) is 62.9 Å². The maximum Gasteiger partial charge on any atom is 0.229 e. The van der Waals surface area contributed by atoms with Gasteiger partial charge in [0, 0.05) is 24.0 Å². The molecule has 1 aliphatic rings. The quantitative estimate of drug-likeness (QED) is 0.737. The van der Waals surface area contributed by atoms with Crippen molar-refractivity contribution >= 4 is 16.9 Å². The second kappa shape index (κ2) is 6.99. The monoisotopic (exact) mass is 365 g/mol. The SMILES string of the molecule is COc1cc(-c2cc3cc(C(C)C(=O)N4CCCC4)ccc3o2)ccc1O. The first-order valence-corrected chi connectivity index (χ1v) is 9.26. The third kappa shape index (κ3) is 3.25. The Morgan fingerprint density at radius 3 is 2.67 bits per heavy atom. The van der Waals surface area contributed by atoms with Crippen molar-refractivity contribution in [3.63, 3.8) is 0 Å². The van der Waals surface area contributed by atoms with Crippen molar-refractivity contribution in [2.45, 2.75) is 25.7 Å². The van der Waals surface area contributed by atoms with Crippen molar-refractivity contribution in [1.82, 2.24) is 4.90 Å². The standard InChI is InChI=1S/C22H23NO4/c1-14(22(25)23-9-3-4-10-23)15-6-8-19-17(11-15)13-20(27-19)16-5-7-18(24)21(12-16)26-2/h5-8,11-14,24H,3-4,9-10H2,1-2H3. The van der Waals surface area contributed by atoms with Gasteiger partial charge in [-0.15, -0.1) is 0 Å². The van der Waals surface area contributed by atoms with Gasteiger partial charge in [-0.3, -0.25) is 4.79 Å². The maximum atomic E-state index is 12.7. The van der Waals surface area contributed by atoms with Crippen molar-refractivity contribution in [3.8, 4) is 22.8 Å². The zero-order chi connectivity index (χ0) is 19.0. The second-order valence-electron chi connectivity index (χ2n) is 7.05. The highest BCUT2D eigenvalue weighted by molar-refractivity contribution is 5.88. The summed E-state index contributed by atoms with van der Waals surface area (Å²) < 4.78 is 11.1. The Hall–Kier alpha value is -2.95. The lowest BCUT2D eigenvalue weighted by Gasteiger charge is -2.20. The number of benzene rings is 2. The Labute approximate surface area is 158 Å². The van der Waals surface area contributed by atoms with Gasteiger partial charge < -0.3 is 19.2 Å². The van der Waals surface area contributed by atoms with Gasteiger partial charge in [0.1, 0.15) is 11.3 Å². The van der Waals surface area contributed by atoms with Crippen molar-refractivity contribution in [1.29, 1.82) is 0 Å². The molecule has 0 bridgehead atoms. The van der Waals surface area contributed by atoms with E-state index < -0.39 is 0 Å². The zero-order valence-electron chi connectivity index (χ0n) is 15.6. The summed E-state index contributed by atoms with van der Waals surface area (Å²) in [5, 5.41) is 10.7. The van der Waals surface area contributed by atoms with Crippen LogP contribution in [0.1, 0.15) is 31.2 Å². The predicted molar refractivity (Wildman–Crippen MR) is 104 cm³/mol. The number of aromatic hydroxyl groups is 1. The number of hydrogen-bond acceptors (Lipinski definition) is 4. The molecular formula is C22H23NO4. The smallest absolute Gasteiger partial charge is 0.229 e. The first-order chi connectivity index (χ1) is 13.1. The summed E-state index contributed by atoms with van der Waals surface area (Å²) in [5.41, 5.74) is 2.58. The summed E-state index contributed by atoms with van der Waals surface area (Å²) >= 11 is 0. The number of methoxy groups -OCH3 is 1. The number of phenolic OH excluding ortho intramolecular Hbond substituents is 1. The highest BCUT2D eigenvalue weighted by atomic mass is 16.5. The Bertz CT molecular complexity index is 985. The molecule has 5 heteroatoms. The summed E-state index contributed by atoms with van der Waals surface area (Å²) in [6.07, 6.45) is 2.19. The van der Waals surface area contributed by atoms with Crippen LogP contribution < -0.4 is 4.74 Å². The largest absolute Gasteiger partial charge is 0.504 e. The van der Waals surface area contributed by atoms with E-state index in [1.54, 1.807) is 18.2 Å². The number of fused-ring (bicyclic) bond motifs is 1. The minimum absolute atomic E-state index is 0.0916. The Morgan fingerprint density at radius 2 is 1.93 bits per heavy atom. The molecule has 5 nitrogen and oxygen atoms in total. The lowest BCUT2D eigenvalue weighted by molar-refractivity contribution is -0.131. The van der Waals surface area contributed by atoms with E-state index in [-0.39, 0.29) is 17.6 Å². The molecule has 2 heterocycles. The van der Waals surface area contributed by atoms with Crippen molar-refractivity contribution in [3.05, 3.63) is 48.0 Å². The van der Waals surface area contributed by atoms with Gasteiger partial charge in [0.2, 0.25) is 5.91 Å². The molecular weight excluding hydrogens is 342 g/mol. The molecule has 3 aromatic rings. The van der Waals surface area contributed by atoms with Gasteiger partial charge in [-0.05, 0) is 61.7 Å². The van der Waals surface area contributed by atoms with Crippen LogP contribution in [0, 0.1) is 0 Å². The van der Waals surface area contributed by atoms with E-state index in [2.05, 4.69) is 0 Å². The summed E-state index contributed by atoms with van der Waals surface area (Å²) in [4.78, 5) is 14.6. The Balaban J connectivity index is 1.64. The molecule has 1 aromatic heterocycles. The fourth-order valence-electron chi connectivity index (χ4n) is 3.66. The molecule has 1 atom stereocenters. The molecule has 2 aromatic carbocycles. The molecule has 0 saturated carbocycles. The number of rotatable bonds is 4. The third-order valence-electron chi connectivity index (χ3n) is 5.29. The molecule has 1 saturated heterocycles. The molecule has 1 unspecified atom stereocenters. The number of phenols is 1. The molecule has 1 N–H and O–H groups in total. The van der Waals surface area contributed by atoms with E-state index in [0.717, 1.165) is 48.0 Å². The highest BCUT2D eigenvalue weighted by Gasteiger charge is 2.24. The van der Waals surface area contributed by atoms with Gasteiger partial charge in [-0.25, -0.2) is 0 Å². The first-order valence-electron chi connectivity index (χ1n) is 9.26. The van der Waals surface area contributed by atoms with Crippen LogP contribution in [0.25, 0.3) is 22.3 Å². The Kier molecular flexibility index (Phi) is 4.52. The molecule has 0 spiro atoms. The molecule has 1 fully saturated rings. The summed E-state index contributed by atoms with van der Waals surface area (Å²) in [6, 6.07) is 13.0. The molecule has 0 aliphatic carbocycles. The lowest BCUT2D eigenvalue weighted by Crippen LogP contribution is -2.31. The van der Waals surface area contributed by atoms with Crippen LogP contribution in [0.4, 0.5) is 0 Å². The van der Waals surface area contributed by atoms with Crippen LogP contribution in [-0.2, 0) is 4.79 Å². The normalized spacial score (nSPS) is 15.3. The van der Waals surface area contributed by atoms with E-state index in [0.29, 0.717) is 11.5 Å². The average molecular weight is 365 g/mol. The van der Waals surface area contributed by atoms with Gasteiger partial charge in [-0.2, -0.15) is 0 Å². The van der Waals surface area contributed by atoms with Crippen molar-refractivity contribution < 1.29 is 19.1 Å². The third-order valence-corrected chi connectivity index (χ3v) is 5.29. The molecule has 0 radical (unpaired) electrons. The Morgan fingerprint density at radius 1 is 1.15 bits per heavy atom. The molecule has 1 aliphatic heterocycles. The van der Waals surface area contributed by atoms with Gasteiger partial charge >= 0.3 is 0 Å². The van der Waals surface area contributed by atoms with Crippen LogP contribution in [0.15, 0.2) is 46.9 Å². The van der Waals surface area contributed by atoms with E-state index in [1.165, 1.54) is 7.11 Å². The molecule has 140 valence electrons. The molecule has 4 rings (SSSR count). The summed E-state index contributed by atoms with van der Waals surface area (Å²) in [5.74, 6) is 1.21. The summed E-state index contributed by atoms with van der Waals surface area (Å²) in [6.45, 7) is 3.70. The number of hydrogen-bond donors (Lipinski definition) is 1. The number of amides is 1. The van der Waals surface area contributed by atoms with E-state index in [1.807, 2.05) is 36.1 Å². The van der Waals surface area contributed by atoms with Crippen molar-refractivity contribution in [2.24, 2.45) is 0 Å². The fourth-order valence-corrected chi connectivity index (χ4v) is 3.66. The average Bonchev–Trinajstić information content (AvgIpc) is 3.36. The summed E-state index contributed by atoms with van der Waals surface area (Å²) in [7, 11) is 1.52. The number of carbonyl (C=O) groups excluding carboxylic acids is 1. The van der Waals surface area contributed by atoms with Crippen LogP contribution in [-0.4, -0.2) is 36.1 Å². The first kappa shape index (κ1) is 17.5. The van der Waals surface area contributed by atoms with Crippen LogP contribution in [0.5, 0.6) is 11.5 Å². The van der Waals surface area contributed by atoms with Gasteiger partial charge in [0.25, 0.3) is 0 Å². The van der Waals surface area contributed by atoms with Crippen LogP contribution in [0.2, 0.25) is 0 Å². The van der Waals surface area contributed by atoms with Crippen molar-refractivity contribution in [2.75, 3.05) is 20.2 Å². The molecule has 27 heavy (non-hydrogen) atoms. The van der Waals surface area contributed by atoms with Gasteiger partial charge in [-0.1, -0.05) is 6.07 Å². The highest BCUT2D eigenvalue weighted by Crippen LogP contribution is 2.35. The molecule has 1 amide bonds. The van der Waals surface area contributed by atoms with Gasteiger partial charge in [0.05, 0.1) is 13.0 Å². The number of ether oxygens (including phenoxy) is 1. The number of carbonyl (C=O) groups is 1. The van der Waals surface area contributed by atoms with E-state index in [9.17, 15) is 9.90 Å².